The predicted molar refractivity (Wildman–Crippen MR) is 309 cm³/mol. The van der Waals surface area contributed by atoms with Gasteiger partial charge in [-0.1, -0.05) is 232 Å². The van der Waals surface area contributed by atoms with Crippen LogP contribution >= 0.6 is 7.82 Å². The van der Waals surface area contributed by atoms with Gasteiger partial charge in [0.25, 0.3) is 7.82 Å². The van der Waals surface area contributed by atoms with Crippen LogP contribution in [0.25, 0.3) is 0 Å². The van der Waals surface area contributed by atoms with E-state index in [4.69, 9.17) is 18.5 Å². The smallest absolute Gasteiger partial charge is 0.306 e. The van der Waals surface area contributed by atoms with E-state index in [2.05, 4.69) is 135 Å². The molecule has 9 nitrogen and oxygen atoms in total. The fraction of sp³-hybridized carbons (Fsp3) is 0.651. The molecule has 0 N–H and O–H groups in total. The first-order valence-corrected chi connectivity index (χ1v) is 30.2. The van der Waals surface area contributed by atoms with Crippen LogP contribution in [-0.2, 0) is 32.7 Å². The zero-order valence-electron chi connectivity index (χ0n) is 47.0. The molecule has 0 saturated heterocycles. The Bertz CT molecular complexity index is 1650. The Hall–Kier alpha value is -3.59. The first-order chi connectivity index (χ1) is 35.5. The molecule has 0 amide bonds. The van der Waals surface area contributed by atoms with Crippen molar-refractivity contribution in [3.63, 3.8) is 0 Å². The molecular weight excluding hydrogens is 930 g/mol. The van der Waals surface area contributed by atoms with Gasteiger partial charge in [0.15, 0.2) is 6.10 Å². The van der Waals surface area contributed by atoms with E-state index in [0.29, 0.717) is 17.4 Å². The van der Waals surface area contributed by atoms with E-state index in [-0.39, 0.29) is 26.1 Å². The second-order valence-corrected chi connectivity index (χ2v) is 21.3. The van der Waals surface area contributed by atoms with Gasteiger partial charge in [-0.05, 0) is 89.9 Å². The summed E-state index contributed by atoms with van der Waals surface area (Å²) in [5.41, 5.74) is 0. The molecule has 0 saturated carbocycles. The minimum atomic E-state index is -4.63. The van der Waals surface area contributed by atoms with Crippen LogP contribution in [-0.4, -0.2) is 70.0 Å². The molecule has 0 aliphatic rings. The van der Waals surface area contributed by atoms with E-state index in [1.165, 1.54) is 70.6 Å². The predicted octanol–water partition coefficient (Wildman–Crippen LogP) is 17.3. The van der Waals surface area contributed by atoms with Crippen LogP contribution in [0.1, 0.15) is 213 Å². The van der Waals surface area contributed by atoms with E-state index < -0.39 is 32.5 Å². The number of quaternary nitrogens is 1. The first-order valence-electron chi connectivity index (χ1n) is 28.7. The molecule has 10 heteroatoms. The molecule has 0 radical (unpaired) electrons. The average Bonchev–Trinajstić information content (AvgIpc) is 3.35. The number of hydrogen-bond donors (Lipinski definition) is 0. The summed E-state index contributed by atoms with van der Waals surface area (Å²) in [4.78, 5) is 37.5. The lowest BCUT2D eigenvalue weighted by Gasteiger charge is -2.28. The number of hydrogen-bond acceptors (Lipinski definition) is 8. The first kappa shape index (κ1) is 69.4. The summed E-state index contributed by atoms with van der Waals surface area (Å²) in [6, 6.07) is 0. The highest BCUT2D eigenvalue weighted by atomic mass is 31.2. The summed E-state index contributed by atoms with van der Waals surface area (Å²) < 4.78 is 33.9. The summed E-state index contributed by atoms with van der Waals surface area (Å²) in [5, 5.41) is 0. The molecule has 0 aliphatic heterocycles. The number of carbonyl (C=O) groups excluding carboxylic acids is 2. The highest BCUT2D eigenvalue weighted by Crippen LogP contribution is 2.38. The maximum Gasteiger partial charge on any atom is 0.306 e. The number of phosphoric ester groups is 1. The largest absolute Gasteiger partial charge is 0.756 e. The number of rotatable bonds is 51. The molecule has 2 atom stereocenters. The number of nitrogens with zero attached hydrogens (tertiary/aromatic N) is 1. The van der Waals surface area contributed by atoms with Gasteiger partial charge < -0.3 is 27.9 Å². The highest BCUT2D eigenvalue weighted by molar-refractivity contribution is 7.45. The van der Waals surface area contributed by atoms with Crippen LogP contribution in [0, 0.1) is 0 Å². The van der Waals surface area contributed by atoms with Crippen LogP contribution in [0.3, 0.4) is 0 Å². The van der Waals surface area contributed by atoms with Crippen molar-refractivity contribution in [1.82, 2.24) is 0 Å². The molecule has 0 aromatic rings. The second-order valence-electron chi connectivity index (χ2n) is 19.9. The molecule has 0 aromatic carbocycles. The number of phosphoric acid groups is 1. The van der Waals surface area contributed by atoms with Crippen molar-refractivity contribution in [3.8, 4) is 0 Å². The Balaban J connectivity index is 4.00. The number of likely N-dealkylation sites (N-methyl/N-ethyl adjacent to an activating group) is 1. The van der Waals surface area contributed by atoms with Crippen molar-refractivity contribution in [2.45, 2.75) is 219 Å². The Morgan fingerprint density at radius 1 is 0.438 bits per heavy atom. The topological polar surface area (TPSA) is 111 Å². The van der Waals surface area contributed by atoms with Crippen LogP contribution in [0.5, 0.6) is 0 Å². The number of allylic oxidation sites excluding steroid dienone is 20. The van der Waals surface area contributed by atoms with Crippen molar-refractivity contribution in [3.05, 3.63) is 122 Å². The third kappa shape index (κ3) is 57.5. The minimum Gasteiger partial charge on any atom is -0.756 e. The third-order valence-electron chi connectivity index (χ3n) is 11.7. The van der Waals surface area contributed by atoms with E-state index in [1.807, 2.05) is 21.1 Å². The summed E-state index contributed by atoms with van der Waals surface area (Å²) in [5.74, 6) is -0.849. The second kappa shape index (κ2) is 53.2. The average molecular weight is 1040 g/mol. The molecule has 0 bridgehead atoms. The Morgan fingerprint density at radius 2 is 0.781 bits per heavy atom. The van der Waals surface area contributed by atoms with Gasteiger partial charge in [0.1, 0.15) is 19.8 Å². The van der Waals surface area contributed by atoms with Gasteiger partial charge in [0, 0.05) is 12.8 Å². The summed E-state index contributed by atoms with van der Waals surface area (Å²) >= 11 is 0. The fourth-order valence-electron chi connectivity index (χ4n) is 7.33. The number of ether oxygens (including phenoxy) is 2. The lowest BCUT2D eigenvalue weighted by molar-refractivity contribution is -0.870. The monoisotopic (exact) mass is 1040 g/mol. The van der Waals surface area contributed by atoms with Crippen molar-refractivity contribution in [2.75, 3.05) is 47.5 Å². The summed E-state index contributed by atoms with van der Waals surface area (Å²) in [6.45, 7) is 4.06. The van der Waals surface area contributed by atoms with Crippen molar-refractivity contribution < 1.29 is 42.1 Å². The van der Waals surface area contributed by atoms with E-state index >= 15 is 0 Å². The van der Waals surface area contributed by atoms with Gasteiger partial charge in [-0.25, -0.2) is 0 Å². The van der Waals surface area contributed by atoms with Crippen molar-refractivity contribution >= 4 is 19.8 Å². The van der Waals surface area contributed by atoms with Crippen LogP contribution in [0.2, 0.25) is 0 Å². The minimum absolute atomic E-state index is 0.0356. The SMILES string of the molecule is CC/C=C\C/C=C\C/C=C\C/C=C\C/C=C\C/C=C\C/C=C\C/C=C\C/C=C\C/C=C\CCCCCCCCCCCCC(=O)OC(COC(=O)CCCCCCCCCC)COP(=O)([O-])OCC[N+](C)(C)C. The van der Waals surface area contributed by atoms with Crippen LogP contribution in [0.15, 0.2) is 122 Å². The molecule has 0 rings (SSSR count). The van der Waals surface area contributed by atoms with Gasteiger partial charge in [0.05, 0.1) is 27.7 Å². The van der Waals surface area contributed by atoms with Crippen molar-refractivity contribution in [2.24, 2.45) is 0 Å². The van der Waals surface area contributed by atoms with E-state index in [9.17, 15) is 19.0 Å². The normalized spacial score (nSPS) is 14.2. The number of esters is 2. The fourth-order valence-corrected chi connectivity index (χ4v) is 8.06. The molecule has 0 spiro atoms. The Labute approximate surface area is 448 Å². The zero-order valence-corrected chi connectivity index (χ0v) is 47.9. The molecule has 0 fully saturated rings. The maximum absolute atomic E-state index is 12.7. The summed E-state index contributed by atoms with van der Waals surface area (Å²) in [7, 11) is 1.15. The molecule has 0 aromatic heterocycles. The standard InChI is InChI=1S/C63H106NO8P/c1-6-8-10-12-14-16-17-18-19-20-21-22-23-24-25-26-27-28-29-30-31-32-33-34-35-36-37-38-39-40-41-42-43-44-45-46-47-48-50-52-54-56-63(66)72-61(60-71-73(67,68)70-58-57-64(3,4)5)59-69-62(65)55-53-51-49-15-13-11-9-7-2/h8,10,14,16,18-19,21-22,24-25,27-28,30-31,33-34,36-37,39-40,61H,6-7,9,11-13,15,17,20,23,26,29,32,35,38,41-60H2,1-5H3/b10-8-,16-14-,19-18-,22-21-,25-24-,28-27-,31-30-,34-33-,37-36-,40-39-. The molecule has 0 heterocycles. The maximum atomic E-state index is 12.7. The van der Waals surface area contributed by atoms with E-state index in [0.717, 1.165) is 109 Å². The number of unbranched alkanes of at least 4 members (excludes halogenated alkanes) is 17. The Kier molecular flexibility index (Phi) is 50.6. The number of carbonyl (C=O) groups is 2. The van der Waals surface area contributed by atoms with E-state index in [1.54, 1.807) is 0 Å². The van der Waals surface area contributed by atoms with Crippen molar-refractivity contribution in [1.29, 1.82) is 0 Å². The zero-order chi connectivity index (χ0) is 53.5. The van der Waals surface area contributed by atoms with Gasteiger partial charge in [-0.3, -0.25) is 14.2 Å². The third-order valence-corrected chi connectivity index (χ3v) is 12.7. The molecule has 0 aliphatic carbocycles. The van der Waals surface area contributed by atoms with Gasteiger partial charge in [0.2, 0.25) is 0 Å². The van der Waals surface area contributed by atoms with Crippen LogP contribution in [0.4, 0.5) is 0 Å². The molecule has 2 unspecified atom stereocenters. The van der Waals surface area contributed by atoms with Gasteiger partial charge in [-0.15, -0.1) is 0 Å². The molecule has 73 heavy (non-hydrogen) atoms. The van der Waals surface area contributed by atoms with Gasteiger partial charge in [-0.2, -0.15) is 0 Å². The molecular formula is C63H106NO8P. The lowest BCUT2D eigenvalue weighted by Crippen LogP contribution is -2.37. The Morgan fingerprint density at radius 3 is 1.16 bits per heavy atom. The lowest BCUT2D eigenvalue weighted by atomic mass is 10.0. The molecule has 416 valence electrons. The summed E-state index contributed by atoms with van der Waals surface area (Å²) in [6.07, 6.45) is 75.6. The highest BCUT2D eigenvalue weighted by Gasteiger charge is 2.21. The van der Waals surface area contributed by atoms with Gasteiger partial charge >= 0.3 is 11.9 Å². The quantitative estimate of drug-likeness (QED) is 0.0195. The van der Waals surface area contributed by atoms with Crippen LogP contribution < -0.4 is 4.89 Å².